The van der Waals surface area contributed by atoms with Crippen LogP contribution >= 0.6 is 0 Å². The average Bonchev–Trinajstić information content (AvgIpc) is 3.57. The summed E-state index contributed by atoms with van der Waals surface area (Å²) in [5, 5.41) is 18.5. The number of aromatic nitrogens is 5. The number of ether oxygens (including phenoxy) is 1. The highest BCUT2D eigenvalue weighted by atomic mass is 16.6. The summed E-state index contributed by atoms with van der Waals surface area (Å²) in [7, 11) is 1.88. The Hall–Kier alpha value is -4.39. The molecule has 6 rings (SSSR count). The summed E-state index contributed by atoms with van der Waals surface area (Å²) in [5.41, 5.74) is 10.0. The predicted molar refractivity (Wildman–Crippen MR) is 147 cm³/mol. The number of anilines is 1. The van der Waals surface area contributed by atoms with Crippen LogP contribution in [-0.4, -0.2) is 48.2 Å². The van der Waals surface area contributed by atoms with E-state index in [1.54, 1.807) is 15.4 Å². The molecule has 0 saturated carbocycles. The second-order valence-corrected chi connectivity index (χ2v) is 11.8. The van der Waals surface area contributed by atoms with Gasteiger partial charge in [-0.1, -0.05) is 20.8 Å². The topological polar surface area (TPSA) is 127 Å². The number of amides is 1. The maximum absolute atomic E-state index is 11.6. The number of carbonyl (C=O) groups is 1. The number of fused-ring (bicyclic) bond motifs is 3. The Kier molecular flexibility index (Phi) is 5.64. The van der Waals surface area contributed by atoms with Gasteiger partial charge in [0.15, 0.2) is 0 Å². The van der Waals surface area contributed by atoms with E-state index in [9.17, 15) is 10.1 Å². The number of nitriles is 1. The second-order valence-electron chi connectivity index (χ2n) is 11.8. The van der Waals surface area contributed by atoms with E-state index in [1.807, 2.05) is 31.8 Å². The van der Waals surface area contributed by atoms with Crippen molar-refractivity contribution in [3.8, 4) is 28.3 Å². The molecule has 0 radical (unpaired) electrons. The minimum Gasteiger partial charge on any atom is -0.446 e. The fourth-order valence-corrected chi connectivity index (χ4v) is 6.73. The van der Waals surface area contributed by atoms with Crippen molar-refractivity contribution in [3.05, 3.63) is 54.7 Å². The average molecular weight is 525 g/mol. The van der Waals surface area contributed by atoms with Gasteiger partial charge in [0.05, 0.1) is 29.0 Å². The summed E-state index contributed by atoms with van der Waals surface area (Å²) < 4.78 is 9.02. The van der Waals surface area contributed by atoms with Crippen LogP contribution in [0.3, 0.4) is 0 Å². The van der Waals surface area contributed by atoms with Crippen molar-refractivity contribution in [2.75, 3.05) is 4.90 Å². The summed E-state index contributed by atoms with van der Waals surface area (Å²) in [6, 6.07) is 8.69. The molecule has 2 saturated heterocycles. The van der Waals surface area contributed by atoms with Crippen molar-refractivity contribution in [1.29, 1.82) is 5.26 Å². The predicted octanol–water partition coefficient (Wildman–Crippen LogP) is 4.68. The third kappa shape index (κ3) is 4.00. The van der Waals surface area contributed by atoms with Crippen LogP contribution in [0, 0.1) is 16.7 Å². The molecular weight excluding hydrogens is 492 g/mol. The highest BCUT2D eigenvalue weighted by Gasteiger charge is 2.58. The summed E-state index contributed by atoms with van der Waals surface area (Å²) in [6.07, 6.45) is 11.7. The van der Waals surface area contributed by atoms with E-state index < -0.39 is 6.09 Å². The molecule has 2 N–H and O–H groups in total. The second kappa shape index (κ2) is 8.83. The molecule has 0 aliphatic carbocycles. The lowest BCUT2D eigenvalue weighted by molar-refractivity contribution is 0.0350. The van der Waals surface area contributed by atoms with Crippen LogP contribution in [0.1, 0.15) is 52.0 Å². The molecule has 0 spiro atoms. The van der Waals surface area contributed by atoms with Crippen molar-refractivity contribution >= 4 is 17.4 Å². The van der Waals surface area contributed by atoms with Gasteiger partial charge in [0.25, 0.3) is 0 Å². The van der Waals surface area contributed by atoms with Crippen molar-refractivity contribution in [3.63, 3.8) is 0 Å². The van der Waals surface area contributed by atoms with Gasteiger partial charge in [0.1, 0.15) is 18.0 Å². The van der Waals surface area contributed by atoms with Crippen LogP contribution in [0.4, 0.5) is 10.6 Å². The third-order valence-corrected chi connectivity index (χ3v) is 8.57. The number of piperidine rings is 1. The van der Waals surface area contributed by atoms with Gasteiger partial charge in [0, 0.05) is 66.8 Å². The van der Waals surface area contributed by atoms with Crippen LogP contribution in [0.5, 0.6) is 0 Å². The molecule has 200 valence electrons. The fraction of sp³-hybridized carbons (Fsp3) is 0.414. The van der Waals surface area contributed by atoms with Crippen LogP contribution in [0.15, 0.2) is 49.2 Å². The third-order valence-electron chi connectivity index (χ3n) is 8.57. The molecule has 2 bridgehead atoms. The molecule has 3 atom stereocenters. The summed E-state index contributed by atoms with van der Waals surface area (Å²) in [6.45, 7) is 6.73. The van der Waals surface area contributed by atoms with Crippen LogP contribution in [-0.2, 0) is 11.8 Å². The van der Waals surface area contributed by atoms with Crippen molar-refractivity contribution in [2.45, 2.75) is 64.1 Å². The Morgan fingerprint density at radius 2 is 1.97 bits per heavy atom. The molecule has 2 fully saturated rings. The van der Waals surface area contributed by atoms with Crippen molar-refractivity contribution in [2.24, 2.45) is 18.2 Å². The number of hydrogen-bond acceptors (Lipinski definition) is 7. The van der Waals surface area contributed by atoms with Gasteiger partial charge in [-0.25, -0.2) is 14.3 Å². The van der Waals surface area contributed by atoms with E-state index in [0.29, 0.717) is 12.0 Å². The first-order valence-electron chi connectivity index (χ1n) is 13.2. The number of primary amides is 1. The van der Waals surface area contributed by atoms with Crippen LogP contribution < -0.4 is 10.6 Å². The van der Waals surface area contributed by atoms with Crippen LogP contribution in [0.25, 0.3) is 27.8 Å². The SMILES string of the molecule is Cn1cc(-c2cc(-c3ccc(N4[C@H]5CC[C@]4(C(C)(C)C)C[C@@H](OC(N)=O)C5)nc3)c3c(C#N)cnn3c2)cn1. The van der Waals surface area contributed by atoms with Gasteiger partial charge < -0.3 is 15.4 Å². The lowest BCUT2D eigenvalue weighted by Crippen LogP contribution is -2.61. The molecule has 39 heavy (non-hydrogen) atoms. The number of rotatable bonds is 4. The Bertz CT molecular complexity index is 1610. The molecule has 10 nitrogen and oxygen atoms in total. The molecule has 0 unspecified atom stereocenters. The first kappa shape index (κ1) is 24.9. The van der Waals surface area contributed by atoms with E-state index in [1.165, 1.54) is 0 Å². The molecule has 4 aromatic rings. The van der Waals surface area contributed by atoms with Gasteiger partial charge in [0.2, 0.25) is 0 Å². The first-order valence-corrected chi connectivity index (χ1v) is 13.2. The van der Waals surface area contributed by atoms with Gasteiger partial charge in [-0.2, -0.15) is 15.5 Å². The molecule has 4 aromatic heterocycles. The largest absolute Gasteiger partial charge is 0.446 e. The van der Waals surface area contributed by atoms with Gasteiger partial charge in [-0.3, -0.25) is 4.68 Å². The van der Waals surface area contributed by atoms with Gasteiger partial charge in [-0.05, 0) is 36.5 Å². The monoisotopic (exact) mass is 524 g/mol. The number of aryl methyl sites for hydroxylation is 1. The zero-order valence-electron chi connectivity index (χ0n) is 22.6. The maximum Gasteiger partial charge on any atom is 0.404 e. The van der Waals surface area contributed by atoms with E-state index >= 15 is 0 Å². The smallest absolute Gasteiger partial charge is 0.404 e. The number of hydrogen-bond donors (Lipinski definition) is 1. The normalized spacial score (nSPS) is 22.7. The molecular formula is C29H32N8O2. The maximum atomic E-state index is 11.6. The van der Waals surface area contributed by atoms with Crippen molar-refractivity contribution in [1.82, 2.24) is 24.4 Å². The standard InChI is InChI=1S/C29H32N8O2/c1-28(2,3)29-8-7-22(10-23(11-29)39-27(31)38)37(29)25-6-5-18(13-32-25)24-9-19(21-15-33-35(4)16-21)17-36-26(24)20(12-30)14-34-36/h5-6,9,13-17,22-23H,7-8,10-11H2,1-4H3,(H2,31,38)/t22-,23-,29+/m0/s1. The number of carbonyl (C=O) groups excluding carboxylic acids is 1. The Morgan fingerprint density at radius 1 is 1.15 bits per heavy atom. The van der Waals surface area contributed by atoms with Gasteiger partial charge in [-0.15, -0.1) is 0 Å². The van der Waals surface area contributed by atoms with Crippen molar-refractivity contribution < 1.29 is 9.53 Å². The summed E-state index contributed by atoms with van der Waals surface area (Å²) in [5.74, 6) is 0.905. The summed E-state index contributed by atoms with van der Waals surface area (Å²) in [4.78, 5) is 19.0. The molecule has 6 heterocycles. The number of nitrogens with zero attached hydrogens (tertiary/aromatic N) is 7. The first-order chi connectivity index (χ1) is 18.6. The van der Waals surface area contributed by atoms with E-state index in [4.69, 9.17) is 15.5 Å². The molecule has 2 aliphatic rings. The molecule has 1 amide bonds. The fourth-order valence-electron chi connectivity index (χ4n) is 6.73. The lowest BCUT2D eigenvalue weighted by Gasteiger charge is -2.54. The Balaban J connectivity index is 1.42. The quantitative estimate of drug-likeness (QED) is 0.411. The number of nitrogens with two attached hydrogens (primary N) is 1. The lowest BCUT2D eigenvalue weighted by atomic mass is 9.68. The Morgan fingerprint density at radius 3 is 2.62 bits per heavy atom. The molecule has 2 aliphatic heterocycles. The van der Waals surface area contributed by atoms with E-state index in [2.05, 4.69) is 60.1 Å². The van der Waals surface area contributed by atoms with Crippen LogP contribution in [0.2, 0.25) is 0 Å². The molecule has 0 aromatic carbocycles. The minimum atomic E-state index is -0.712. The zero-order chi connectivity index (χ0) is 27.5. The highest BCUT2D eigenvalue weighted by molar-refractivity contribution is 5.87. The number of pyridine rings is 2. The highest BCUT2D eigenvalue weighted by Crippen LogP contribution is 2.55. The molecule has 10 heteroatoms. The summed E-state index contributed by atoms with van der Waals surface area (Å²) >= 11 is 0. The van der Waals surface area contributed by atoms with E-state index in [-0.39, 0.29) is 23.1 Å². The van der Waals surface area contributed by atoms with Gasteiger partial charge >= 0.3 is 6.09 Å². The minimum absolute atomic E-state index is 0.0781. The Labute approximate surface area is 227 Å². The zero-order valence-corrected chi connectivity index (χ0v) is 22.6. The van der Waals surface area contributed by atoms with E-state index in [0.717, 1.165) is 52.9 Å².